The number of methoxy groups -OCH3 is 2. The highest BCUT2D eigenvalue weighted by Crippen LogP contribution is 2.40. The first-order valence-electron chi connectivity index (χ1n) is 11.8. The molecule has 5 nitrogen and oxygen atoms in total. The van der Waals surface area contributed by atoms with E-state index in [-0.39, 0.29) is 18.0 Å². The van der Waals surface area contributed by atoms with E-state index in [1.165, 1.54) is 22.3 Å². The Hall–Kier alpha value is -3.31. The molecule has 1 heterocycles. The van der Waals surface area contributed by atoms with Gasteiger partial charge in [0.15, 0.2) is 11.5 Å². The zero-order valence-electron chi connectivity index (χ0n) is 20.7. The number of carbonyl (C=O) groups is 1. The maximum Gasteiger partial charge on any atom is 0.251 e. The summed E-state index contributed by atoms with van der Waals surface area (Å²) in [5.74, 6) is 1.39. The molecule has 0 aromatic heterocycles. The zero-order valence-corrected chi connectivity index (χ0v) is 20.7. The van der Waals surface area contributed by atoms with Crippen molar-refractivity contribution in [2.75, 3.05) is 20.8 Å². The van der Waals surface area contributed by atoms with Gasteiger partial charge in [0, 0.05) is 24.7 Å². The topological polar surface area (TPSA) is 50.8 Å². The van der Waals surface area contributed by atoms with Gasteiger partial charge >= 0.3 is 0 Å². The molecule has 1 aliphatic heterocycles. The van der Waals surface area contributed by atoms with Crippen molar-refractivity contribution in [2.45, 2.75) is 45.8 Å². The Labute approximate surface area is 202 Å². The van der Waals surface area contributed by atoms with Gasteiger partial charge < -0.3 is 14.8 Å². The molecule has 34 heavy (non-hydrogen) atoms. The lowest BCUT2D eigenvalue weighted by Crippen LogP contribution is -2.47. The maximum atomic E-state index is 13.1. The smallest absolute Gasteiger partial charge is 0.251 e. The summed E-state index contributed by atoms with van der Waals surface area (Å²) in [6.45, 7) is 7.92. The van der Waals surface area contributed by atoms with Crippen LogP contribution in [-0.4, -0.2) is 37.6 Å². The number of ether oxygens (including phenoxy) is 2. The molecule has 0 aliphatic carbocycles. The van der Waals surface area contributed by atoms with Crippen molar-refractivity contribution in [2.24, 2.45) is 0 Å². The van der Waals surface area contributed by atoms with Crippen LogP contribution in [0.3, 0.4) is 0 Å². The van der Waals surface area contributed by atoms with Gasteiger partial charge in [0.25, 0.3) is 5.91 Å². The van der Waals surface area contributed by atoms with Gasteiger partial charge in [-0.2, -0.15) is 0 Å². The second-order valence-corrected chi connectivity index (χ2v) is 9.19. The lowest BCUT2D eigenvalue weighted by atomic mass is 9.87. The van der Waals surface area contributed by atoms with E-state index in [9.17, 15) is 4.79 Å². The molecule has 3 aromatic carbocycles. The summed E-state index contributed by atoms with van der Waals surface area (Å²) in [5, 5.41) is 3.26. The first-order chi connectivity index (χ1) is 16.4. The Morgan fingerprint density at radius 2 is 1.56 bits per heavy atom. The molecule has 1 N–H and O–H groups in total. The Kier molecular flexibility index (Phi) is 7.23. The molecule has 0 saturated carbocycles. The van der Waals surface area contributed by atoms with Crippen molar-refractivity contribution >= 4 is 5.91 Å². The average Bonchev–Trinajstić information content (AvgIpc) is 2.84. The SMILES string of the molecule is COc1cc2c(cc1OC)C(C(C)NC(=O)c1ccc(C)cc1)N(Cc1ccc(C)cc1)CC2. The van der Waals surface area contributed by atoms with E-state index in [0.29, 0.717) is 11.3 Å². The van der Waals surface area contributed by atoms with Gasteiger partial charge in [-0.1, -0.05) is 47.5 Å². The van der Waals surface area contributed by atoms with Crippen LogP contribution < -0.4 is 14.8 Å². The molecule has 0 spiro atoms. The molecular weight excluding hydrogens is 424 g/mol. The second kappa shape index (κ2) is 10.3. The fourth-order valence-electron chi connectivity index (χ4n) is 4.79. The number of benzene rings is 3. The Balaban J connectivity index is 1.67. The third-order valence-corrected chi connectivity index (χ3v) is 6.68. The number of fused-ring (bicyclic) bond motifs is 1. The van der Waals surface area contributed by atoms with E-state index >= 15 is 0 Å². The summed E-state index contributed by atoms with van der Waals surface area (Å²) in [6.07, 6.45) is 0.913. The predicted octanol–water partition coefficient (Wildman–Crippen LogP) is 5.24. The number of amides is 1. The Morgan fingerprint density at radius 3 is 2.18 bits per heavy atom. The minimum absolute atomic E-state index is 0.000687. The third kappa shape index (κ3) is 5.10. The molecule has 3 aromatic rings. The van der Waals surface area contributed by atoms with Crippen LogP contribution in [0.2, 0.25) is 0 Å². The molecule has 1 aliphatic rings. The van der Waals surface area contributed by atoms with E-state index < -0.39 is 0 Å². The van der Waals surface area contributed by atoms with Crippen LogP contribution in [0.15, 0.2) is 60.7 Å². The number of nitrogens with one attached hydrogen (secondary N) is 1. The van der Waals surface area contributed by atoms with Gasteiger partial charge in [-0.3, -0.25) is 9.69 Å². The van der Waals surface area contributed by atoms with Crippen LogP contribution in [-0.2, 0) is 13.0 Å². The quantitative estimate of drug-likeness (QED) is 0.526. The van der Waals surface area contributed by atoms with E-state index in [1.54, 1.807) is 14.2 Å². The van der Waals surface area contributed by atoms with Crippen molar-refractivity contribution in [1.29, 1.82) is 0 Å². The molecule has 4 rings (SSSR count). The highest BCUT2D eigenvalue weighted by molar-refractivity contribution is 5.94. The van der Waals surface area contributed by atoms with E-state index in [4.69, 9.17) is 9.47 Å². The van der Waals surface area contributed by atoms with E-state index in [2.05, 4.69) is 60.5 Å². The van der Waals surface area contributed by atoms with Crippen molar-refractivity contribution in [3.8, 4) is 11.5 Å². The van der Waals surface area contributed by atoms with Gasteiger partial charge in [-0.15, -0.1) is 0 Å². The predicted molar refractivity (Wildman–Crippen MR) is 136 cm³/mol. The number of nitrogens with zero attached hydrogens (tertiary/aromatic N) is 1. The number of hydrogen-bond donors (Lipinski definition) is 1. The summed E-state index contributed by atoms with van der Waals surface area (Å²) < 4.78 is 11.2. The molecule has 1 amide bonds. The van der Waals surface area contributed by atoms with Crippen LogP contribution in [0, 0.1) is 13.8 Å². The fourth-order valence-corrected chi connectivity index (χ4v) is 4.79. The van der Waals surface area contributed by atoms with Gasteiger partial charge in [-0.25, -0.2) is 0 Å². The summed E-state index contributed by atoms with van der Waals surface area (Å²) in [7, 11) is 3.33. The molecule has 5 heteroatoms. The lowest BCUT2D eigenvalue weighted by Gasteiger charge is -2.41. The molecule has 0 fully saturated rings. The fraction of sp³-hybridized carbons (Fsp3) is 0.345. The van der Waals surface area contributed by atoms with E-state index in [0.717, 1.165) is 30.8 Å². The molecule has 0 radical (unpaired) electrons. The number of aryl methyl sites for hydroxylation is 2. The summed E-state index contributed by atoms with van der Waals surface area (Å²) in [4.78, 5) is 15.5. The van der Waals surface area contributed by atoms with Crippen molar-refractivity contribution in [3.63, 3.8) is 0 Å². The van der Waals surface area contributed by atoms with Gasteiger partial charge in [0.1, 0.15) is 0 Å². The van der Waals surface area contributed by atoms with Crippen LogP contribution in [0.25, 0.3) is 0 Å². The van der Waals surface area contributed by atoms with Crippen LogP contribution in [0.1, 0.15) is 51.1 Å². The maximum absolute atomic E-state index is 13.1. The second-order valence-electron chi connectivity index (χ2n) is 9.19. The number of hydrogen-bond acceptors (Lipinski definition) is 4. The third-order valence-electron chi connectivity index (χ3n) is 6.68. The summed E-state index contributed by atoms with van der Waals surface area (Å²) in [6, 6.07) is 20.4. The van der Waals surface area contributed by atoms with E-state index in [1.807, 2.05) is 31.2 Å². The van der Waals surface area contributed by atoms with Crippen molar-refractivity contribution in [3.05, 3.63) is 94.0 Å². The van der Waals surface area contributed by atoms with Crippen LogP contribution in [0.4, 0.5) is 0 Å². The lowest BCUT2D eigenvalue weighted by molar-refractivity contribution is 0.0877. The minimum Gasteiger partial charge on any atom is -0.493 e. The molecule has 178 valence electrons. The number of rotatable bonds is 7. The first kappa shape index (κ1) is 23.8. The van der Waals surface area contributed by atoms with Crippen LogP contribution >= 0.6 is 0 Å². The van der Waals surface area contributed by atoms with Gasteiger partial charge in [-0.05, 0) is 68.1 Å². The molecule has 2 atom stereocenters. The molecule has 0 bridgehead atoms. The Morgan fingerprint density at radius 1 is 0.971 bits per heavy atom. The summed E-state index contributed by atoms with van der Waals surface area (Å²) >= 11 is 0. The van der Waals surface area contributed by atoms with Crippen molar-refractivity contribution < 1.29 is 14.3 Å². The molecular formula is C29H34N2O3. The van der Waals surface area contributed by atoms with Crippen LogP contribution in [0.5, 0.6) is 11.5 Å². The first-order valence-corrected chi connectivity index (χ1v) is 11.8. The molecule has 2 unspecified atom stereocenters. The number of carbonyl (C=O) groups excluding carboxylic acids is 1. The van der Waals surface area contributed by atoms with Gasteiger partial charge in [0.05, 0.1) is 20.3 Å². The standard InChI is InChI=1S/C29H34N2O3/c1-19-6-10-22(11-7-19)18-31-15-14-24-16-26(33-4)27(34-5)17-25(24)28(31)21(3)30-29(32)23-12-8-20(2)9-13-23/h6-13,16-17,21,28H,14-15,18H2,1-5H3,(H,30,32). The van der Waals surface area contributed by atoms with Crippen molar-refractivity contribution in [1.82, 2.24) is 10.2 Å². The minimum atomic E-state index is -0.114. The van der Waals surface area contributed by atoms with Gasteiger partial charge in [0.2, 0.25) is 0 Å². The molecule has 0 saturated heterocycles. The highest BCUT2D eigenvalue weighted by atomic mass is 16.5. The largest absolute Gasteiger partial charge is 0.493 e. The monoisotopic (exact) mass is 458 g/mol. The zero-order chi connectivity index (χ0) is 24.2. The Bertz CT molecular complexity index is 1140. The highest BCUT2D eigenvalue weighted by Gasteiger charge is 2.34. The average molecular weight is 459 g/mol. The summed E-state index contributed by atoms with van der Waals surface area (Å²) in [5.41, 5.74) is 6.73. The normalized spacial score (nSPS) is 16.4.